The van der Waals surface area contributed by atoms with Gasteiger partial charge in [-0.2, -0.15) is 0 Å². The molecule has 1 N–H and O–H groups in total. The predicted octanol–water partition coefficient (Wildman–Crippen LogP) is 4.42. The Morgan fingerprint density at radius 1 is 1.23 bits per heavy atom. The Bertz CT molecular complexity index is 876. The van der Waals surface area contributed by atoms with Gasteiger partial charge in [0.05, 0.1) is 19.8 Å². The van der Waals surface area contributed by atoms with Crippen molar-refractivity contribution in [2.75, 3.05) is 19.4 Å². The molecule has 136 valence electrons. The number of hydrogen-bond acceptors (Lipinski definition) is 4. The minimum absolute atomic E-state index is 0.0321. The van der Waals surface area contributed by atoms with Crippen LogP contribution in [0.1, 0.15) is 12.0 Å². The lowest BCUT2D eigenvalue weighted by atomic mass is 10.1. The Kier molecular flexibility index (Phi) is 6.17. The molecule has 6 heteroatoms. The zero-order valence-electron chi connectivity index (χ0n) is 14.5. The fraction of sp³-hybridized carbons (Fsp3) is 0.250. The van der Waals surface area contributed by atoms with Gasteiger partial charge in [-0.15, -0.1) is 11.8 Å². The first-order valence-corrected chi connectivity index (χ1v) is 9.33. The lowest BCUT2D eigenvalue weighted by Gasteiger charge is -2.05. The summed E-state index contributed by atoms with van der Waals surface area (Å²) in [5.41, 5.74) is 1.57. The van der Waals surface area contributed by atoms with Crippen LogP contribution in [0.4, 0.5) is 4.39 Å². The van der Waals surface area contributed by atoms with Crippen molar-refractivity contribution < 1.29 is 18.3 Å². The summed E-state index contributed by atoms with van der Waals surface area (Å²) in [7, 11) is 1.60. The molecule has 0 aliphatic carbocycles. The van der Waals surface area contributed by atoms with Gasteiger partial charge in [0.2, 0.25) is 5.91 Å². The smallest absolute Gasteiger partial charge is 0.224 e. The van der Waals surface area contributed by atoms with Crippen molar-refractivity contribution >= 4 is 28.6 Å². The summed E-state index contributed by atoms with van der Waals surface area (Å²) in [6.07, 6.45) is 2.75. The number of nitrogens with one attached hydrogen (secondary N) is 1. The van der Waals surface area contributed by atoms with Crippen molar-refractivity contribution in [1.29, 1.82) is 0 Å². The van der Waals surface area contributed by atoms with Crippen LogP contribution in [-0.4, -0.2) is 25.3 Å². The van der Waals surface area contributed by atoms with Crippen molar-refractivity contribution in [2.45, 2.75) is 17.7 Å². The molecule has 4 nitrogen and oxygen atoms in total. The van der Waals surface area contributed by atoms with E-state index in [9.17, 15) is 9.18 Å². The van der Waals surface area contributed by atoms with Gasteiger partial charge >= 0.3 is 0 Å². The number of furan rings is 1. The van der Waals surface area contributed by atoms with Crippen LogP contribution in [0.3, 0.4) is 0 Å². The highest BCUT2D eigenvalue weighted by molar-refractivity contribution is 7.99. The number of benzene rings is 2. The molecule has 1 heterocycles. The number of amides is 1. The van der Waals surface area contributed by atoms with E-state index in [2.05, 4.69) is 5.32 Å². The van der Waals surface area contributed by atoms with Crippen LogP contribution in [0.5, 0.6) is 5.75 Å². The Balaban J connectivity index is 1.42. The number of halogens is 1. The first-order chi connectivity index (χ1) is 12.7. The number of ether oxygens (including phenoxy) is 1. The molecular weight excluding hydrogens is 353 g/mol. The van der Waals surface area contributed by atoms with Gasteiger partial charge in [0.1, 0.15) is 17.1 Å². The summed E-state index contributed by atoms with van der Waals surface area (Å²) in [5, 5.41) is 3.85. The third-order valence-electron chi connectivity index (χ3n) is 3.94. The average Bonchev–Trinajstić information content (AvgIpc) is 3.05. The van der Waals surface area contributed by atoms with E-state index in [0.717, 1.165) is 33.8 Å². The SMILES string of the molecule is COc1ccc2c(CC(=O)NCCCSc3ccc(F)cc3)coc2c1. The molecule has 0 fully saturated rings. The number of fused-ring (bicyclic) bond motifs is 1. The summed E-state index contributed by atoms with van der Waals surface area (Å²) < 4.78 is 23.5. The van der Waals surface area contributed by atoms with Gasteiger partial charge in [-0.25, -0.2) is 4.39 Å². The van der Waals surface area contributed by atoms with E-state index >= 15 is 0 Å². The Labute approximate surface area is 155 Å². The van der Waals surface area contributed by atoms with E-state index < -0.39 is 0 Å². The molecule has 0 saturated heterocycles. The number of carbonyl (C=O) groups excluding carboxylic acids is 1. The molecule has 2 aromatic carbocycles. The molecule has 0 aliphatic heterocycles. The van der Waals surface area contributed by atoms with Crippen molar-refractivity contribution in [1.82, 2.24) is 5.32 Å². The monoisotopic (exact) mass is 373 g/mol. The maximum Gasteiger partial charge on any atom is 0.224 e. The lowest BCUT2D eigenvalue weighted by molar-refractivity contribution is -0.120. The van der Waals surface area contributed by atoms with Crippen LogP contribution in [0.15, 0.2) is 58.0 Å². The number of hydrogen-bond donors (Lipinski definition) is 1. The van der Waals surface area contributed by atoms with E-state index in [1.165, 1.54) is 12.1 Å². The maximum atomic E-state index is 12.8. The average molecular weight is 373 g/mol. The van der Waals surface area contributed by atoms with Crippen LogP contribution in [0.2, 0.25) is 0 Å². The molecule has 0 atom stereocenters. The Hall–Kier alpha value is -2.47. The van der Waals surface area contributed by atoms with Gasteiger partial charge in [0.25, 0.3) is 0 Å². The Morgan fingerprint density at radius 2 is 2.04 bits per heavy atom. The second kappa shape index (κ2) is 8.76. The van der Waals surface area contributed by atoms with Crippen molar-refractivity contribution in [3.8, 4) is 5.75 Å². The molecule has 0 radical (unpaired) electrons. The zero-order valence-corrected chi connectivity index (χ0v) is 15.3. The lowest BCUT2D eigenvalue weighted by Crippen LogP contribution is -2.26. The van der Waals surface area contributed by atoms with E-state index in [0.29, 0.717) is 12.1 Å². The van der Waals surface area contributed by atoms with Gasteiger partial charge < -0.3 is 14.5 Å². The van der Waals surface area contributed by atoms with Gasteiger partial charge in [0, 0.05) is 28.5 Å². The summed E-state index contributed by atoms with van der Waals surface area (Å²) in [4.78, 5) is 13.1. The van der Waals surface area contributed by atoms with Crippen molar-refractivity contribution in [3.63, 3.8) is 0 Å². The highest BCUT2D eigenvalue weighted by Crippen LogP contribution is 2.25. The molecule has 26 heavy (non-hydrogen) atoms. The van der Waals surface area contributed by atoms with Crippen molar-refractivity contribution in [3.05, 3.63) is 60.1 Å². The van der Waals surface area contributed by atoms with Crippen LogP contribution in [-0.2, 0) is 11.2 Å². The largest absolute Gasteiger partial charge is 0.497 e. The normalized spacial score (nSPS) is 10.8. The second-order valence-electron chi connectivity index (χ2n) is 5.81. The molecule has 1 aromatic heterocycles. The minimum Gasteiger partial charge on any atom is -0.497 e. The third kappa shape index (κ3) is 4.79. The summed E-state index contributed by atoms with van der Waals surface area (Å²) in [6, 6.07) is 12.0. The van der Waals surface area contributed by atoms with Gasteiger partial charge in [-0.1, -0.05) is 0 Å². The highest BCUT2D eigenvalue weighted by Gasteiger charge is 2.11. The van der Waals surface area contributed by atoms with Crippen LogP contribution >= 0.6 is 11.8 Å². The molecule has 0 bridgehead atoms. The van der Waals surface area contributed by atoms with Crippen molar-refractivity contribution in [2.24, 2.45) is 0 Å². The number of thioether (sulfide) groups is 1. The summed E-state index contributed by atoms with van der Waals surface area (Å²) >= 11 is 1.65. The minimum atomic E-state index is -0.230. The number of carbonyl (C=O) groups is 1. The number of rotatable bonds is 8. The molecule has 0 spiro atoms. The number of methoxy groups -OCH3 is 1. The van der Waals surface area contributed by atoms with E-state index in [-0.39, 0.29) is 18.1 Å². The standard InChI is InChI=1S/C20H20FNO3S/c1-24-16-5-8-18-14(13-25-19(18)12-16)11-20(23)22-9-2-10-26-17-6-3-15(21)4-7-17/h3-8,12-13H,2,9-11H2,1H3,(H,22,23). The van der Waals surface area contributed by atoms with E-state index in [1.54, 1.807) is 37.3 Å². The van der Waals surface area contributed by atoms with Crippen LogP contribution < -0.4 is 10.1 Å². The van der Waals surface area contributed by atoms with Crippen LogP contribution in [0, 0.1) is 5.82 Å². The fourth-order valence-electron chi connectivity index (χ4n) is 2.58. The zero-order chi connectivity index (χ0) is 18.4. The predicted molar refractivity (Wildman–Crippen MR) is 101 cm³/mol. The molecule has 3 rings (SSSR count). The first-order valence-electron chi connectivity index (χ1n) is 8.35. The molecule has 0 saturated carbocycles. The quantitative estimate of drug-likeness (QED) is 0.469. The maximum absolute atomic E-state index is 12.8. The van der Waals surface area contributed by atoms with Gasteiger partial charge in [0.15, 0.2) is 0 Å². The fourth-order valence-corrected chi connectivity index (χ4v) is 3.44. The second-order valence-corrected chi connectivity index (χ2v) is 6.97. The van der Waals surface area contributed by atoms with E-state index in [1.807, 2.05) is 18.2 Å². The molecule has 3 aromatic rings. The van der Waals surface area contributed by atoms with Gasteiger partial charge in [-0.3, -0.25) is 4.79 Å². The molecule has 0 unspecified atom stereocenters. The van der Waals surface area contributed by atoms with Crippen LogP contribution in [0.25, 0.3) is 11.0 Å². The third-order valence-corrected chi connectivity index (χ3v) is 5.04. The molecule has 0 aliphatic rings. The highest BCUT2D eigenvalue weighted by atomic mass is 32.2. The molecular formula is C20H20FNO3S. The molecule has 1 amide bonds. The van der Waals surface area contributed by atoms with Gasteiger partial charge in [-0.05, 0) is 48.6 Å². The Morgan fingerprint density at radius 3 is 2.81 bits per heavy atom. The summed E-state index contributed by atoms with van der Waals surface area (Å²) in [5.74, 6) is 1.32. The topological polar surface area (TPSA) is 51.5 Å². The summed E-state index contributed by atoms with van der Waals surface area (Å²) in [6.45, 7) is 0.608. The first kappa shape index (κ1) is 18.3. The van der Waals surface area contributed by atoms with E-state index in [4.69, 9.17) is 9.15 Å².